The van der Waals surface area contributed by atoms with E-state index in [0.29, 0.717) is 28.3 Å². The minimum Gasteiger partial charge on any atom is -0.451 e. The minimum atomic E-state index is -0.424. The second-order valence-electron chi connectivity index (χ2n) is 6.74. The molecule has 2 N–H and O–H groups in total. The molecule has 0 atom stereocenters. The first kappa shape index (κ1) is 19.5. The lowest BCUT2D eigenvalue weighted by atomic mass is 10.2. The molecule has 5 aromatic rings. The summed E-state index contributed by atoms with van der Waals surface area (Å²) in [6, 6.07) is 22.2. The van der Waals surface area contributed by atoms with Crippen LogP contribution in [0, 0.1) is 0 Å². The SMILES string of the molecule is O=C(NC(=S)Nc1ccc2oc(-c3ccccc3Br)nc2c1)c1cc2ccccc2o1. The number of halogens is 1. The highest BCUT2D eigenvalue weighted by molar-refractivity contribution is 9.10. The molecule has 6 nitrogen and oxygen atoms in total. The van der Waals surface area contributed by atoms with Gasteiger partial charge in [-0.15, -0.1) is 0 Å². The summed E-state index contributed by atoms with van der Waals surface area (Å²) < 4.78 is 12.3. The van der Waals surface area contributed by atoms with Crippen molar-refractivity contribution in [2.45, 2.75) is 0 Å². The predicted molar refractivity (Wildman–Crippen MR) is 127 cm³/mol. The van der Waals surface area contributed by atoms with Crippen LogP contribution < -0.4 is 10.6 Å². The molecule has 0 fully saturated rings. The van der Waals surface area contributed by atoms with E-state index in [4.69, 9.17) is 21.1 Å². The third-order valence-electron chi connectivity index (χ3n) is 4.63. The van der Waals surface area contributed by atoms with Gasteiger partial charge in [-0.05, 0) is 70.6 Å². The summed E-state index contributed by atoms with van der Waals surface area (Å²) in [5.74, 6) is 0.281. The number of hydrogen-bond acceptors (Lipinski definition) is 5. The van der Waals surface area contributed by atoms with Gasteiger partial charge in [-0.2, -0.15) is 0 Å². The number of oxazole rings is 1. The molecule has 0 saturated carbocycles. The zero-order valence-corrected chi connectivity index (χ0v) is 18.3. The Morgan fingerprint density at radius 2 is 1.74 bits per heavy atom. The van der Waals surface area contributed by atoms with Gasteiger partial charge in [0.15, 0.2) is 16.5 Å². The Labute approximate surface area is 190 Å². The lowest BCUT2D eigenvalue weighted by Gasteiger charge is -2.08. The number of nitrogens with one attached hydrogen (secondary N) is 2. The van der Waals surface area contributed by atoms with Crippen molar-refractivity contribution < 1.29 is 13.6 Å². The number of carbonyl (C=O) groups excluding carboxylic acids is 1. The van der Waals surface area contributed by atoms with Crippen molar-refractivity contribution >= 4 is 66.9 Å². The van der Waals surface area contributed by atoms with Crippen LogP contribution in [0.3, 0.4) is 0 Å². The lowest BCUT2D eigenvalue weighted by Crippen LogP contribution is -2.33. The minimum absolute atomic E-state index is 0.152. The summed E-state index contributed by atoms with van der Waals surface area (Å²) >= 11 is 8.79. The van der Waals surface area contributed by atoms with Gasteiger partial charge < -0.3 is 14.2 Å². The molecule has 0 unspecified atom stereocenters. The Morgan fingerprint density at radius 1 is 0.935 bits per heavy atom. The monoisotopic (exact) mass is 491 g/mol. The molecule has 8 heteroatoms. The number of para-hydroxylation sites is 1. The van der Waals surface area contributed by atoms with E-state index in [2.05, 4.69) is 31.5 Å². The third kappa shape index (κ3) is 3.95. The molecular weight excluding hydrogens is 478 g/mol. The maximum Gasteiger partial charge on any atom is 0.293 e. The van der Waals surface area contributed by atoms with Gasteiger partial charge >= 0.3 is 0 Å². The van der Waals surface area contributed by atoms with E-state index in [9.17, 15) is 4.79 Å². The van der Waals surface area contributed by atoms with Gasteiger partial charge in [-0.25, -0.2) is 4.98 Å². The van der Waals surface area contributed by atoms with Crippen molar-refractivity contribution in [3.63, 3.8) is 0 Å². The smallest absolute Gasteiger partial charge is 0.293 e. The van der Waals surface area contributed by atoms with E-state index in [1.165, 1.54) is 0 Å². The fraction of sp³-hybridized carbons (Fsp3) is 0. The van der Waals surface area contributed by atoms with Crippen LogP contribution in [-0.4, -0.2) is 16.0 Å². The van der Waals surface area contributed by atoms with E-state index in [0.717, 1.165) is 15.4 Å². The Hall–Kier alpha value is -3.49. The Balaban J connectivity index is 1.32. The van der Waals surface area contributed by atoms with Crippen LogP contribution >= 0.6 is 28.1 Å². The number of benzene rings is 3. The highest BCUT2D eigenvalue weighted by atomic mass is 79.9. The molecule has 0 bridgehead atoms. The number of amides is 1. The molecule has 0 aliphatic heterocycles. The molecule has 0 aliphatic carbocycles. The van der Waals surface area contributed by atoms with E-state index < -0.39 is 5.91 Å². The van der Waals surface area contributed by atoms with Crippen molar-refractivity contribution in [1.82, 2.24) is 10.3 Å². The highest BCUT2D eigenvalue weighted by Crippen LogP contribution is 2.31. The molecule has 3 aromatic carbocycles. The number of furan rings is 1. The largest absolute Gasteiger partial charge is 0.451 e. The summed E-state index contributed by atoms with van der Waals surface area (Å²) in [7, 11) is 0. The number of hydrogen-bond donors (Lipinski definition) is 2. The summed E-state index contributed by atoms with van der Waals surface area (Å²) in [5.41, 5.74) is 3.50. The molecule has 5 rings (SSSR count). The molecular formula is C23H14BrN3O3S. The molecule has 0 aliphatic rings. The average Bonchev–Trinajstić information content (AvgIpc) is 3.37. The van der Waals surface area contributed by atoms with E-state index in [1.54, 1.807) is 30.3 Å². The number of anilines is 1. The van der Waals surface area contributed by atoms with E-state index in [-0.39, 0.29) is 10.9 Å². The lowest BCUT2D eigenvalue weighted by molar-refractivity contribution is 0.0953. The number of carbonyl (C=O) groups is 1. The van der Waals surface area contributed by atoms with Crippen LogP contribution in [0.1, 0.15) is 10.6 Å². The Kier molecular flexibility index (Phi) is 5.01. The summed E-state index contributed by atoms with van der Waals surface area (Å²) in [4.78, 5) is 17.0. The zero-order valence-electron chi connectivity index (χ0n) is 15.9. The zero-order chi connectivity index (χ0) is 21.4. The predicted octanol–water partition coefficient (Wildman–Crippen LogP) is 6.13. The number of rotatable bonds is 3. The van der Waals surface area contributed by atoms with Gasteiger partial charge in [-0.3, -0.25) is 10.1 Å². The van der Waals surface area contributed by atoms with E-state index >= 15 is 0 Å². The second-order valence-corrected chi connectivity index (χ2v) is 8.00. The number of fused-ring (bicyclic) bond motifs is 2. The highest BCUT2D eigenvalue weighted by Gasteiger charge is 2.15. The molecule has 2 heterocycles. The first-order valence-electron chi connectivity index (χ1n) is 9.33. The summed E-state index contributed by atoms with van der Waals surface area (Å²) in [6.07, 6.45) is 0. The summed E-state index contributed by atoms with van der Waals surface area (Å²) in [6.45, 7) is 0. The van der Waals surface area contributed by atoms with Crippen LogP contribution in [-0.2, 0) is 0 Å². The number of thiocarbonyl (C=S) groups is 1. The fourth-order valence-corrected chi connectivity index (χ4v) is 3.84. The van der Waals surface area contributed by atoms with Crippen molar-refractivity contribution in [3.8, 4) is 11.5 Å². The third-order valence-corrected chi connectivity index (χ3v) is 5.52. The molecule has 2 aromatic heterocycles. The average molecular weight is 492 g/mol. The van der Waals surface area contributed by atoms with Gasteiger partial charge in [-0.1, -0.05) is 30.3 Å². The topological polar surface area (TPSA) is 80.3 Å². The van der Waals surface area contributed by atoms with Crippen LogP contribution in [0.25, 0.3) is 33.5 Å². The van der Waals surface area contributed by atoms with Gasteiger partial charge in [0.2, 0.25) is 5.89 Å². The number of aromatic nitrogens is 1. The molecule has 0 spiro atoms. The molecule has 0 saturated heterocycles. The van der Waals surface area contributed by atoms with E-state index in [1.807, 2.05) is 42.5 Å². The maximum absolute atomic E-state index is 12.5. The molecule has 31 heavy (non-hydrogen) atoms. The molecule has 1 amide bonds. The first-order chi connectivity index (χ1) is 15.1. The summed E-state index contributed by atoms with van der Waals surface area (Å²) in [5, 5.41) is 6.63. The second kappa shape index (κ2) is 7.98. The fourth-order valence-electron chi connectivity index (χ4n) is 3.18. The quantitative estimate of drug-likeness (QED) is 0.295. The van der Waals surface area contributed by atoms with Gasteiger partial charge in [0, 0.05) is 15.5 Å². The van der Waals surface area contributed by atoms with Crippen LogP contribution in [0.4, 0.5) is 5.69 Å². The molecule has 0 radical (unpaired) electrons. The van der Waals surface area contributed by atoms with Crippen molar-refractivity contribution in [1.29, 1.82) is 0 Å². The van der Waals surface area contributed by atoms with Crippen molar-refractivity contribution in [3.05, 3.63) is 83.0 Å². The van der Waals surface area contributed by atoms with Crippen LogP contribution in [0.2, 0.25) is 0 Å². The van der Waals surface area contributed by atoms with Crippen LogP contribution in [0.15, 0.2) is 86.1 Å². The number of nitrogens with zero attached hydrogens (tertiary/aromatic N) is 1. The Morgan fingerprint density at radius 3 is 2.58 bits per heavy atom. The van der Waals surface area contributed by atoms with Crippen molar-refractivity contribution in [2.75, 3.05) is 5.32 Å². The van der Waals surface area contributed by atoms with Crippen LogP contribution in [0.5, 0.6) is 0 Å². The first-order valence-corrected chi connectivity index (χ1v) is 10.5. The maximum atomic E-state index is 12.5. The molecule has 152 valence electrons. The van der Waals surface area contributed by atoms with Gasteiger partial charge in [0.1, 0.15) is 11.1 Å². The van der Waals surface area contributed by atoms with Gasteiger partial charge in [0.25, 0.3) is 5.91 Å². The Bertz CT molecular complexity index is 1420. The normalized spacial score (nSPS) is 11.0. The van der Waals surface area contributed by atoms with Crippen molar-refractivity contribution in [2.24, 2.45) is 0 Å². The van der Waals surface area contributed by atoms with Gasteiger partial charge in [0.05, 0.1) is 5.56 Å². The standard InChI is InChI=1S/C23H14BrN3O3S/c24-16-7-3-2-6-15(16)22-26-17-12-14(9-10-19(17)30-22)25-23(31)27-21(28)20-11-13-5-1-4-8-18(13)29-20/h1-12H,(H2,25,27,28,31).